The molecular formula is C14H14ClNO3. The van der Waals surface area contributed by atoms with Gasteiger partial charge in [0.25, 0.3) is 0 Å². The lowest BCUT2D eigenvalue weighted by molar-refractivity contribution is 0.0563. The fraction of sp³-hybridized carbons (Fsp3) is 0.214. The number of rotatable bonds is 4. The van der Waals surface area contributed by atoms with E-state index >= 15 is 0 Å². The highest BCUT2D eigenvalue weighted by Gasteiger charge is 2.10. The van der Waals surface area contributed by atoms with Crippen LogP contribution < -0.4 is 5.32 Å². The molecule has 1 aromatic heterocycles. The second-order valence-electron chi connectivity index (χ2n) is 4.08. The lowest BCUT2D eigenvalue weighted by Crippen LogP contribution is -2.00. The third kappa shape index (κ3) is 3.29. The second-order valence-corrected chi connectivity index (χ2v) is 4.48. The van der Waals surface area contributed by atoms with E-state index in [0.717, 1.165) is 11.3 Å². The lowest BCUT2D eigenvalue weighted by atomic mass is 10.2. The van der Waals surface area contributed by atoms with Crippen molar-refractivity contribution in [2.45, 2.75) is 13.5 Å². The van der Waals surface area contributed by atoms with Crippen LogP contribution in [0.15, 0.2) is 34.7 Å². The molecule has 0 aliphatic heterocycles. The Morgan fingerprint density at radius 2 is 2.16 bits per heavy atom. The van der Waals surface area contributed by atoms with Gasteiger partial charge in [0.05, 0.1) is 13.7 Å². The first-order valence-corrected chi connectivity index (χ1v) is 6.15. The molecule has 0 saturated carbocycles. The van der Waals surface area contributed by atoms with Crippen LogP contribution in [-0.4, -0.2) is 13.1 Å². The van der Waals surface area contributed by atoms with Gasteiger partial charge in [-0.1, -0.05) is 17.7 Å². The monoisotopic (exact) mass is 279 g/mol. The molecule has 0 unspecified atom stereocenters. The van der Waals surface area contributed by atoms with Crippen LogP contribution in [0, 0.1) is 6.92 Å². The molecule has 0 amide bonds. The van der Waals surface area contributed by atoms with Gasteiger partial charge in [-0.05, 0) is 36.8 Å². The number of halogens is 1. The summed E-state index contributed by atoms with van der Waals surface area (Å²) in [6.45, 7) is 2.41. The van der Waals surface area contributed by atoms with Crippen molar-refractivity contribution in [1.29, 1.82) is 0 Å². The molecule has 2 rings (SSSR count). The quantitative estimate of drug-likeness (QED) is 0.868. The molecule has 5 heteroatoms. The number of hydrogen-bond donors (Lipinski definition) is 1. The van der Waals surface area contributed by atoms with E-state index in [9.17, 15) is 4.79 Å². The molecular weight excluding hydrogens is 266 g/mol. The van der Waals surface area contributed by atoms with Gasteiger partial charge in [0.1, 0.15) is 5.76 Å². The standard InChI is InChI=1S/C14H14ClNO3/c1-9-3-4-10(7-12(9)15)16-8-11-5-6-13(19-11)14(17)18-2/h3-7,16H,8H2,1-2H3. The van der Waals surface area contributed by atoms with E-state index in [1.807, 2.05) is 25.1 Å². The highest BCUT2D eigenvalue weighted by Crippen LogP contribution is 2.20. The summed E-state index contributed by atoms with van der Waals surface area (Å²) in [4.78, 5) is 11.2. The Bertz CT molecular complexity index is 592. The number of carbonyl (C=O) groups excluding carboxylic acids is 1. The first-order valence-electron chi connectivity index (χ1n) is 5.77. The number of benzene rings is 1. The molecule has 1 heterocycles. The smallest absolute Gasteiger partial charge is 0.373 e. The maximum atomic E-state index is 11.2. The van der Waals surface area contributed by atoms with Gasteiger partial charge in [-0.25, -0.2) is 4.79 Å². The largest absolute Gasteiger partial charge is 0.463 e. The van der Waals surface area contributed by atoms with Crippen LogP contribution in [0.2, 0.25) is 5.02 Å². The van der Waals surface area contributed by atoms with Gasteiger partial charge in [-0.15, -0.1) is 0 Å². The molecule has 2 aromatic rings. The Kier molecular flexibility index (Phi) is 4.12. The Morgan fingerprint density at radius 1 is 1.37 bits per heavy atom. The van der Waals surface area contributed by atoms with Crippen LogP contribution in [0.1, 0.15) is 21.9 Å². The van der Waals surface area contributed by atoms with Crippen molar-refractivity contribution in [2.75, 3.05) is 12.4 Å². The van der Waals surface area contributed by atoms with Crippen LogP contribution in [0.25, 0.3) is 0 Å². The van der Waals surface area contributed by atoms with Crippen LogP contribution in [0.4, 0.5) is 5.69 Å². The fourth-order valence-electron chi connectivity index (χ4n) is 1.58. The van der Waals surface area contributed by atoms with Gasteiger partial charge >= 0.3 is 5.97 Å². The van der Waals surface area contributed by atoms with Crippen molar-refractivity contribution >= 4 is 23.3 Å². The predicted molar refractivity (Wildman–Crippen MR) is 73.6 cm³/mol. The topological polar surface area (TPSA) is 51.5 Å². The molecule has 0 saturated heterocycles. The van der Waals surface area contributed by atoms with Crippen molar-refractivity contribution < 1.29 is 13.9 Å². The number of aryl methyl sites for hydroxylation is 1. The predicted octanol–water partition coefficient (Wildman–Crippen LogP) is 3.64. The molecule has 4 nitrogen and oxygen atoms in total. The molecule has 0 atom stereocenters. The number of furan rings is 1. The zero-order valence-corrected chi connectivity index (χ0v) is 11.5. The number of anilines is 1. The summed E-state index contributed by atoms with van der Waals surface area (Å²) in [5.41, 5.74) is 1.92. The van der Waals surface area contributed by atoms with Crippen LogP contribution in [0.5, 0.6) is 0 Å². The molecule has 100 valence electrons. The van der Waals surface area contributed by atoms with E-state index in [-0.39, 0.29) is 5.76 Å². The number of nitrogens with one attached hydrogen (secondary N) is 1. The van der Waals surface area contributed by atoms with Crippen LogP contribution in [-0.2, 0) is 11.3 Å². The van der Waals surface area contributed by atoms with E-state index < -0.39 is 5.97 Å². The summed E-state index contributed by atoms with van der Waals surface area (Å²) in [5.74, 6) is 0.364. The van der Waals surface area contributed by atoms with Gasteiger partial charge in [0.2, 0.25) is 5.76 Å². The average molecular weight is 280 g/mol. The number of ether oxygens (including phenoxy) is 1. The van der Waals surface area contributed by atoms with Crippen LogP contribution >= 0.6 is 11.6 Å². The maximum absolute atomic E-state index is 11.2. The van der Waals surface area contributed by atoms with Crippen LogP contribution in [0.3, 0.4) is 0 Å². The number of carbonyl (C=O) groups is 1. The van der Waals surface area contributed by atoms with Gasteiger partial charge in [0, 0.05) is 10.7 Å². The SMILES string of the molecule is COC(=O)c1ccc(CNc2ccc(C)c(Cl)c2)o1. The van der Waals surface area contributed by atoms with E-state index in [1.54, 1.807) is 12.1 Å². The maximum Gasteiger partial charge on any atom is 0.373 e. The molecule has 0 aliphatic rings. The molecule has 0 radical (unpaired) electrons. The fourth-order valence-corrected chi connectivity index (χ4v) is 1.76. The minimum absolute atomic E-state index is 0.196. The van der Waals surface area contributed by atoms with Crippen molar-refractivity contribution in [3.05, 3.63) is 52.4 Å². The highest BCUT2D eigenvalue weighted by molar-refractivity contribution is 6.31. The zero-order valence-electron chi connectivity index (χ0n) is 10.7. The molecule has 0 spiro atoms. The Labute approximate surface area is 116 Å². The van der Waals surface area contributed by atoms with E-state index in [2.05, 4.69) is 10.1 Å². The second kappa shape index (κ2) is 5.80. The summed E-state index contributed by atoms with van der Waals surface area (Å²) >= 11 is 6.04. The third-order valence-electron chi connectivity index (χ3n) is 2.69. The van der Waals surface area contributed by atoms with E-state index in [0.29, 0.717) is 17.3 Å². The Morgan fingerprint density at radius 3 is 2.84 bits per heavy atom. The molecule has 1 N–H and O–H groups in total. The normalized spacial score (nSPS) is 10.3. The van der Waals surface area contributed by atoms with Gasteiger partial charge < -0.3 is 14.5 Å². The molecule has 0 aliphatic carbocycles. The lowest BCUT2D eigenvalue weighted by Gasteiger charge is -2.06. The molecule has 0 fully saturated rings. The third-order valence-corrected chi connectivity index (χ3v) is 3.09. The molecule has 1 aromatic carbocycles. The van der Waals surface area contributed by atoms with Crippen molar-refractivity contribution in [3.63, 3.8) is 0 Å². The van der Waals surface area contributed by atoms with Gasteiger partial charge in [0.15, 0.2) is 0 Å². The minimum Gasteiger partial charge on any atom is -0.463 e. The first-order chi connectivity index (χ1) is 9.10. The molecule has 19 heavy (non-hydrogen) atoms. The molecule has 0 bridgehead atoms. The van der Waals surface area contributed by atoms with Crippen molar-refractivity contribution in [1.82, 2.24) is 0 Å². The summed E-state index contributed by atoms with van der Waals surface area (Å²) in [7, 11) is 1.32. The zero-order chi connectivity index (χ0) is 13.8. The van der Waals surface area contributed by atoms with E-state index in [4.69, 9.17) is 16.0 Å². The van der Waals surface area contributed by atoms with Gasteiger partial charge in [-0.3, -0.25) is 0 Å². The van der Waals surface area contributed by atoms with E-state index in [1.165, 1.54) is 7.11 Å². The van der Waals surface area contributed by atoms with Gasteiger partial charge in [-0.2, -0.15) is 0 Å². The van der Waals surface area contributed by atoms with Crippen molar-refractivity contribution in [3.8, 4) is 0 Å². The Hall–Kier alpha value is -1.94. The summed E-state index contributed by atoms with van der Waals surface area (Å²) in [5, 5.41) is 3.88. The minimum atomic E-state index is -0.482. The summed E-state index contributed by atoms with van der Waals surface area (Å²) in [6.07, 6.45) is 0. The summed E-state index contributed by atoms with van der Waals surface area (Å²) in [6, 6.07) is 9.04. The Balaban J connectivity index is 2.00. The highest BCUT2D eigenvalue weighted by atomic mass is 35.5. The number of methoxy groups -OCH3 is 1. The van der Waals surface area contributed by atoms with Crippen molar-refractivity contribution in [2.24, 2.45) is 0 Å². The number of hydrogen-bond acceptors (Lipinski definition) is 4. The number of esters is 1. The first kappa shape index (κ1) is 13.5. The average Bonchev–Trinajstić information content (AvgIpc) is 2.88. The summed E-state index contributed by atoms with van der Waals surface area (Å²) < 4.78 is 9.91.